The molecule has 1 fully saturated rings. The molecular formula is C36H38N12O6S2. The van der Waals surface area contributed by atoms with E-state index in [1.165, 1.54) is 34.9 Å². The number of allylic oxidation sites excluding steroid dienone is 2. The third-order valence-electron chi connectivity index (χ3n) is 8.76. The SMILES string of the molecule is Cc1csc(C(=O)Nc2nc3cc(C(N)=O)cnc3n2C/C=C/Cn2c(NC(=O)c3nc(C)cs3)nc3cc(C(N)=O)cc(OCCCN4CCOCC4)c32)n1. The Morgan fingerprint density at radius 2 is 1.41 bits per heavy atom. The first kappa shape index (κ1) is 38.2. The van der Waals surface area contributed by atoms with Crippen LogP contribution in [0.1, 0.15) is 58.1 Å². The molecule has 0 atom stereocenters. The number of hydrogen-bond acceptors (Lipinski definition) is 14. The fraction of sp³-hybridized carbons (Fsp3) is 0.306. The highest BCUT2D eigenvalue weighted by atomic mass is 32.1. The highest BCUT2D eigenvalue weighted by molar-refractivity contribution is 7.12. The number of hydrogen-bond donors (Lipinski definition) is 4. The third-order valence-corrected chi connectivity index (χ3v) is 10.7. The number of primary amides is 2. The maximum absolute atomic E-state index is 13.3. The van der Waals surface area contributed by atoms with E-state index in [0.29, 0.717) is 59.2 Å². The molecule has 6 heterocycles. The van der Waals surface area contributed by atoms with Gasteiger partial charge in [0, 0.05) is 66.6 Å². The Morgan fingerprint density at radius 1 is 0.821 bits per heavy atom. The van der Waals surface area contributed by atoms with Gasteiger partial charge in [-0.15, -0.1) is 22.7 Å². The number of benzene rings is 1. The number of nitrogens with zero attached hydrogens (tertiary/aromatic N) is 8. The second-order valence-corrected chi connectivity index (χ2v) is 14.6. The molecule has 1 aliphatic heterocycles. The zero-order valence-electron chi connectivity index (χ0n) is 30.5. The van der Waals surface area contributed by atoms with E-state index in [9.17, 15) is 19.2 Å². The Labute approximate surface area is 327 Å². The first-order chi connectivity index (χ1) is 27.0. The Balaban J connectivity index is 1.20. The fourth-order valence-electron chi connectivity index (χ4n) is 6.05. The molecule has 56 heavy (non-hydrogen) atoms. The third kappa shape index (κ3) is 8.57. The summed E-state index contributed by atoms with van der Waals surface area (Å²) in [6.07, 6.45) is 5.74. The van der Waals surface area contributed by atoms with Crippen LogP contribution < -0.4 is 26.8 Å². The van der Waals surface area contributed by atoms with Gasteiger partial charge in [-0.2, -0.15) is 0 Å². The number of rotatable bonds is 15. The van der Waals surface area contributed by atoms with Crippen molar-refractivity contribution >= 4 is 80.4 Å². The zero-order chi connectivity index (χ0) is 39.3. The summed E-state index contributed by atoms with van der Waals surface area (Å²) < 4.78 is 15.2. The molecule has 1 aromatic carbocycles. The molecule has 0 radical (unpaired) electrons. The Bertz CT molecular complexity index is 2480. The lowest BCUT2D eigenvalue weighted by atomic mass is 10.1. The summed E-state index contributed by atoms with van der Waals surface area (Å²) >= 11 is 2.41. The van der Waals surface area contributed by atoms with E-state index in [0.717, 1.165) is 26.1 Å². The minimum atomic E-state index is -0.665. The molecule has 6 N–H and O–H groups in total. The highest BCUT2D eigenvalue weighted by Gasteiger charge is 2.22. The summed E-state index contributed by atoms with van der Waals surface area (Å²) in [4.78, 5) is 75.3. The topological polar surface area (TPSA) is 240 Å². The maximum Gasteiger partial charge on any atom is 0.286 e. The van der Waals surface area contributed by atoms with Crippen LogP contribution in [-0.2, 0) is 17.8 Å². The number of aromatic nitrogens is 7. The zero-order valence-corrected chi connectivity index (χ0v) is 32.1. The van der Waals surface area contributed by atoms with E-state index < -0.39 is 23.6 Å². The lowest BCUT2D eigenvalue weighted by molar-refractivity contribution is 0.0358. The van der Waals surface area contributed by atoms with E-state index in [4.69, 9.17) is 25.9 Å². The van der Waals surface area contributed by atoms with E-state index in [1.54, 1.807) is 45.9 Å². The van der Waals surface area contributed by atoms with Crippen LogP contribution in [0.4, 0.5) is 11.9 Å². The van der Waals surface area contributed by atoms with Crippen molar-refractivity contribution in [3.63, 3.8) is 0 Å². The van der Waals surface area contributed by atoms with Gasteiger partial charge >= 0.3 is 0 Å². The number of carbonyl (C=O) groups excluding carboxylic acids is 4. The molecule has 290 valence electrons. The molecule has 0 aliphatic carbocycles. The average molecular weight is 799 g/mol. The number of anilines is 2. The number of carbonyl (C=O) groups is 4. The number of aryl methyl sites for hydroxylation is 2. The summed E-state index contributed by atoms with van der Waals surface area (Å²) in [5.41, 5.74) is 14.7. The van der Waals surface area contributed by atoms with Crippen molar-refractivity contribution in [3.8, 4) is 5.75 Å². The number of imidazole rings is 2. The van der Waals surface area contributed by atoms with Crippen molar-refractivity contribution in [2.75, 3.05) is 50.1 Å². The molecule has 0 spiro atoms. The standard InChI is InChI=1S/C36H38N12O6S2/c1-20-18-55-33(40-20)31(51)44-35-42-24-14-22(28(37)49)16-26(54-11-5-6-46-9-12-53-13-10-46)27(24)47(35)7-3-4-8-48-30-25(15-23(17-39-30)29(38)50)43-36(48)45-32(52)34-41-21(2)19-56-34/h3-4,14-19H,5-13H2,1-2H3,(H2,37,49)(H2,38,50)(H,42,44,51)(H,43,45,52)/b4-3+. The van der Waals surface area contributed by atoms with Gasteiger partial charge in [0.15, 0.2) is 15.7 Å². The summed E-state index contributed by atoms with van der Waals surface area (Å²) in [6.45, 7) is 8.21. The van der Waals surface area contributed by atoms with Gasteiger partial charge in [-0.05, 0) is 38.5 Å². The quantitative estimate of drug-likeness (QED) is 0.0864. The second-order valence-electron chi connectivity index (χ2n) is 12.9. The van der Waals surface area contributed by atoms with Gasteiger partial charge in [0.25, 0.3) is 11.8 Å². The van der Waals surface area contributed by atoms with Gasteiger partial charge in [-0.25, -0.2) is 24.9 Å². The second kappa shape index (κ2) is 16.7. The molecule has 1 saturated heterocycles. The van der Waals surface area contributed by atoms with Crippen LogP contribution in [0.5, 0.6) is 5.75 Å². The van der Waals surface area contributed by atoms with Gasteiger partial charge in [0.2, 0.25) is 23.7 Å². The minimum Gasteiger partial charge on any atom is -0.491 e. The van der Waals surface area contributed by atoms with Crippen molar-refractivity contribution in [2.45, 2.75) is 33.4 Å². The highest BCUT2D eigenvalue weighted by Crippen LogP contribution is 2.32. The molecule has 6 aromatic rings. The lowest BCUT2D eigenvalue weighted by Crippen LogP contribution is -2.37. The van der Waals surface area contributed by atoms with Crippen molar-refractivity contribution in [3.05, 3.63) is 79.8 Å². The number of nitrogens with two attached hydrogens (primary N) is 2. The van der Waals surface area contributed by atoms with E-state index in [-0.39, 0.29) is 46.1 Å². The first-order valence-electron chi connectivity index (χ1n) is 17.6. The van der Waals surface area contributed by atoms with Gasteiger partial charge < -0.3 is 25.5 Å². The largest absolute Gasteiger partial charge is 0.491 e. The van der Waals surface area contributed by atoms with Crippen molar-refractivity contribution in [1.29, 1.82) is 0 Å². The van der Waals surface area contributed by atoms with Crippen LogP contribution in [0.25, 0.3) is 22.2 Å². The van der Waals surface area contributed by atoms with Crippen LogP contribution in [0.2, 0.25) is 0 Å². The van der Waals surface area contributed by atoms with Gasteiger partial charge in [0.1, 0.15) is 16.8 Å². The monoisotopic (exact) mass is 798 g/mol. The van der Waals surface area contributed by atoms with Crippen LogP contribution in [0, 0.1) is 13.8 Å². The summed E-state index contributed by atoms with van der Waals surface area (Å²) in [6, 6.07) is 4.65. The van der Waals surface area contributed by atoms with Gasteiger partial charge in [-0.3, -0.25) is 39.3 Å². The van der Waals surface area contributed by atoms with Crippen LogP contribution in [0.3, 0.4) is 0 Å². The molecule has 5 aromatic heterocycles. The first-order valence-corrected chi connectivity index (χ1v) is 19.3. The van der Waals surface area contributed by atoms with Gasteiger partial charge in [-0.1, -0.05) is 12.2 Å². The maximum atomic E-state index is 13.3. The molecule has 20 heteroatoms. The fourth-order valence-corrected chi connectivity index (χ4v) is 7.43. The number of thiazole rings is 2. The normalized spacial score (nSPS) is 13.5. The number of pyridine rings is 1. The molecule has 0 unspecified atom stereocenters. The predicted molar refractivity (Wildman–Crippen MR) is 210 cm³/mol. The van der Waals surface area contributed by atoms with Gasteiger partial charge in [0.05, 0.1) is 30.9 Å². The average Bonchev–Trinajstić information content (AvgIpc) is 3.97. The van der Waals surface area contributed by atoms with E-state index >= 15 is 0 Å². The summed E-state index contributed by atoms with van der Waals surface area (Å²) in [7, 11) is 0. The summed E-state index contributed by atoms with van der Waals surface area (Å²) in [5.74, 6) is -1.46. The molecule has 7 rings (SSSR count). The minimum absolute atomic E-state index is 0.166. The molecule has 0 saturated carbocycles. The van der Waals surface area contributed by atoms with Crippen LogP contribution in [0.15, 0.2) is 47.3 Å². The van der Waals surface area contributed by atoms with Crippen molar-refractivity contribution in [2.24, 2.45) is 11.5 Å². The smallest absolute Gasteiger partial charge is 0.286 e. The number of ether oxygens (including phenoxy) is 2. The number of morpholine rings is 1. The van der Waals surface area contributed by atoms with Crippen LogP contribution >= 0.6 is 22.7 Å². The van der Waals surface area contributed by atoms with Crippen molar-refractivity contribution < 1.29 is 28.7 Å². The lowest BCUT2D eigenvalue weighted by Gasteiger charge is -2.26. The molecule has 18 nitrogen and oxygen atoms in total. The molecule has 4 amide bonds. The van der Waals surface area contributed by atoms with Crippen molar-refractivity contribution in [1.82, 2.24) is 39.0 Å². The molecule has 0 bridgehead atoms. The van der Waals surface area contributed by atoms with Crippen LogP contribution in [-0.4, -0.2) is 102 Å². The number of fused-ring (bicyclic) bond motifs is 2. The summed E-state index contributed by atoms with van der Waals surface area (Å²) in [5, 5.41) is 9.76. The predicted octanol–water partition coefficient (Wildman–Crippen LogP) is 3.37. The number of nitrogens with one attached hydrogen (secondary N) is 2. The van der Waals surface area contributed by atoms with E-state index in [1.807, 2.05) is 12.2 Å². The molecular weight excluding hydrogens is 761 g/mol. The van der Waals surface area contributed by atoms with E-state index in [2.05, 4.69) is 35.5 Å². The molecule has 1 aliphatic rings. The Kier molecular flexibility index (Phi) is 11.4. The number of amides is 4. The Hall–Kier alpha value is -6.09. The Morgan fingerprint density at radius 3 is 2.02 bits per heavy atom.